The molecule has 0 aliphatic carbocycles. The Bertz CT molecular complexity index is 973. The molecule has 2 aliphatic rings. The van der Waals surface area contributed by atoms with E-state index in [0.717, 1.165) is 37.5 Å². The number of rotatable bonds is 4. The molecule has 2 N–H and O–H groups in total. The molecule has 1 saturated heterocycles. The molecule has 1 fully saturated rings. The van der Waals surface area contributed by atoms with Gasteiger partial charge < -0.3 is 15.4 Å². The first-order valence-electron chi connectivity index (χ1n) is 9.42. The lowest BCUT2D eigenvalue weighted by atomic mass is 10.1. The monoisotopic (exact) mass is 400 g/mol. The van der Waals surface area contributed by atoms with Gasteiger partial charge >= 0.3 is 0 Å². The van der Waals surface area contributed by atoms with Gasteiger partial charge in [-0.3, -0.25) is 19.8 Å². The first-order valence-corrected chi connectivity index (χ1v) is 9.42. The minimum absolute atomic E-state index is 0.163. The van der Waals surface area contributed by atoms with E-state index in [2.05, 4.69) is 11.0 Å². The van der Waals surface area contributed by atoms with Crippen LogP contribution in [-0.4, -0.2) is 53.4 Å². The Morgan fingerprint density at radius 1 is 1.21 bits per heavy atom. The molecule has 0 bridgehead atoms. The van der Waals surface area contributed by atoms with Gasteiger partial charge in [0.2, 0.25) is 0 Å². The summed E-state index contributed by atoms with van der Waals surface area (Å²) in [5.41, 5.74) is 7.12. The molecule has 0 spiro atoms. The predicted molar refractivity (Wildman–Crippen MR) is 104 cm³/mol. The fourth-order valence-corrected chi connectivity index (χ4v) is 3.81. The number of carbonyl (C=O) groups excluding carboxylic acids is 1. The van der Waals surface area contributed by atoms with Crippen molar-refractivity contribution in [2.75, 3.05) is 38.5 Å². The first kappa shape index (κ1) is 19.1. The number of amides is 1. The molecule has 0 aromatic heterocycles. The summed E-state index contributed by atoms with van der Waals surface area (Å²) < 4.78 is 19.3. The van der Waals surface area contributed by atoms with Crippen LogP contribution in [0.5, 0.6) is 5.75 Å². The summed E-state index contributed by atoms with van der Waals surface area (Å²) in [6.45, 7) is 3.67. The maximum atomic E-state index is 13.7. The molecule has 2 aromatic carbocycles. The summed E-state index contributed by atoms with van der Waals surface area (Å²) in [6.07, 6.45) is 0.923. The van der Waals surface area contributed by atoms with Crippen molar-refractivity contribution in [1.82, 2.24) is 9.80 Å². The van der Waals surface area contributed by atoms with Crippen molar-refractivity contribution in [1.29, 1.82) is 0 Å². The third kappa shape index (κ3) is 3.86. The minimum Gasteiger partial charge on any atom is -0.493 e. The highest BCUT2D eigenvalue weighted by Crippen LogP contribution is 2.29. The van der Waals surface area contributed by atoms with Gasteiger partial charge in [0.05, 0.1) is 23.2 Å². The first-order chi connectivity index (χ1) is 13.9. The largest absolute Gasteiger partial charge is 0.493 e. The van der Waals surface area contributed by atoms with E-state index in [1.165, 1.54) is 11.1 Å². The van der Waals surface area contributed by atoms with Crippen molar-refractivity contribution in [3.8, 4) is 5.75 Å². The Balaban J connectivity index is 1.41. The third-order valence-corrected chi connectivity index (χ3v) is 5.37. The highest BCUT2D eigenvalue weighted by atomic mass is 19.1. The van der Waals surface area contributed by atoms with Crippen molar-refractivity contribution in [3.05, 3.63) is 63.0 Å². The fourth-order valence-electron chi connectivity index (χ4n) is 3.81. The number of nitro groups is 1. The van der Waals surface area contributed by atoms with Gasteiger partial charge in [-0.15, -0.1) is 0 Å². The molecule has 2 heterocycles. The second-order valence-corrected chi connectivity index (χ2v) is 7.25. The minimum atomic E-state index is -0.853. The molecular formula is C20H21FN4O4. The zero-order valence-electron chi connectivity index (χ0n) is 15.8. The highest BCUT2D eigenvalue weighted by molar-refractivity contribution is 6.01. The van der Waals surface area contributed by atoms with Gasteiger partial charge in [0, 0.05) is 39.1 Å². The van der Waals surface area contributed by atoms with E-state index in [1.807, 2.05) is 12.1 Å². The van der Waals surface area contributed by atoms with Crippen LogP contribution in [-0.2, 0) is 13.0 Å². The number of hydrogen-bond donors (Lipinski definition) is 1. The molecular weight excluding hydrogens is 379 g/mol. The zero-order chi connectivity index (χ0) is 20.5. The number of anilines is 1. The van der Waals surface area contributed by atoms with Gasteiger partial charge in [0.1, 0.15) is 17.3 Å². The van der Waals surface area contributed by atoms with E-state index in [4.69, 9.17) is 10.5 Å². The summed E-state index contributed by atoms with van der Waals surface area (Å²) in [7, 11) is 0. The Morgan fingerprint density at radius 2 is 1.97 bits per heavy atom. The topological polar surface area (TPSA) is 102 Å². The van der Waals surface area contributed by atoms with E-state index >= 15 is 0 Å². The van der Waals surface area contributed by atoms with E-state index in [1.54, 1.807) is 4.90 Å². The summed E-state index contributed by atoms with van der Waals surface area (Å²) in [5, 5.41) is 11.0. The average Bonchev–Trinajstić information content (AvgIpc) is 3.17. The Hall–Kier alpha value is -3.20. The SMILES string of the molecule is Nc1c(C(=O)N2CCN(Cc3ccc4c(c3)CCO4)CC2)cc(F)cc1[N+](=O)[O-]. The number of nitrogens with zero attached hydrogens (tertiary/aromatic N) is 3. The van der Waals surface area contributed by atoms with Crippen molar-refractivity contribution in [2.45, 2.75) is 13.0 Å². The van der Waals surface area contributed by atoms with Crippen LogP contribution in [0.1, 0.15) is 21.5 Å². The van der Waals surface area contributed by atoms with E-state index in [-0.39, 0.29) is 11.3 Å². The quantitative estimate of drug-likeness (QED) is 0.480. The summed E-state index contributed by atoms with van der Waals surface area (Å²) in [6, 6.07) is 7.90. The van der Waals surface area contributed by atoms with E-state index < -0.39 is 22.3 Å². The van der Waals surface area contributed by atoms with Crippen molar-refractivity contribution < 1.29 is 18.8 Å². The van der Waals surface area contributed by atoms with E-state index in [9.17, 15) is 19.3 Å². The molecule has 2 aromatic rings. The number of hydrogen-bond acceptors (Lipinski definition) is 6. The van der Waals surface area contributed by atoms with Crippen molar-refractivity contribution >= 4 is 17.3 Å². The van der Waals surface area contributed by atoms with Crippen LogP contribution >= 0.6 is 0 Å². The van der Waals surface area contributed by atoms with Crippen LogP contribution < -0.4 is 10.5 Å². The molecule has 2 aliphatic heterocycles. The van der Waals surface area contributed by atoms with Gasteiger partial charge in [-0.2, -0.15) is 0 Å². The molecule has 1 amide bonds. The van der Waals surface area contributed by atoms with Crippen LogP contribution in [0, 0.1) is 15.9 Å². The molecule has 4 rings (SSSR count). The van der Waals surface area contributed by atoms with Crippen LogP contribution in [0.2, 0.25) is 0 Å². The van der Waals surface area contributed by atoms with Crippen molar-refractivity contribution in [2.24, 2.45) is 0 Å². The van der Waals surface area contributed by atoms with Crippen LogP contribution in [0.25, 0.3) is 0 Å². The summed E-state index contributed by atoms with van der Waals surface area (Å²) >= 11 is 0. The second-order valence-electron chi connectivity index (χ2n) is 7.25. The lowest BCUT2D eigenvalue weighted by Gasteiger charge is -2.35. The molecule has 9 heteroatoms. The van der Waals surface area contributed by atoms with Gasteiger partial charge in [0.15, 0.2) is 0 Å². The van der Waals surface area contributed by atoms with Gasteiger partial charge in [-0.1, -0.05) is 12.1 Å². The number of benzene rings is 2. The Morgan fingerprint density at radius 3 is 2.69 bits per heavy atom. The molecule has 29 heavy (non-hydrogen) atoms. The maximum Gasteiger partial charge on any atom is 0.295 e. The van der Waals surface area contributed by atoms with Gasteiger partial charge in [0.25, 0.3) is 11.6 Å². The third-order valence-electron chi connectivity index (χ3n) is 5.37. The molecule has 0 saturated carbocycles. The summed E-state index contributed by atoms with van der Waals surface area (Å²) in [4.78, 5) is 26.8. The number of carbonyl (C=O) groups is 1. The number of fused-ring (bicyclic) bond motifs is 1. The average molecular weight is 400 g/mol. The molecule has 0 radical (unpaired) electrons. The molecule has 152 valence electrons. The number of nitrogen functional groups attached to an aromatic ring is 1. The van der Waals surface area contributed by atoms with Crippen LogP contribution in [0.15, 0.2) is 30.3 Å². The maximum absolute atomic E-state index is 13.7. The molecule has 8 nitrogen and oxygen atoms in total. The number of halogens is 1. The Labute approximate surface area is 166 Å². The zero-order valence-corrected chi connectivity index (χ0v) is 15.8. The number of nitrogens with two attached hydrogens (primary N) is 1. The normalized spacial score (nSPS) is 16.4. The highest BCUT2D eigenvalue weighted by Gasteiger charge is 2.27. The van der Waals surface area contributed by atoms with Crippen molar-refractivity contribution in [3.63, 3.8) is 0 Å². The molecule has 0 atom stereocenters. The lowest BCUT2D eigenvalue weighted by Crippen LogP contribution is -2.48. The standard InChI is InChI=1S/C20H21FN4O4/c21-15-10-16(19(22)17(11-15)25(27)28)20(26)24-6-4-23(5-7-24)12-13-1-2-18-14(9-13)3-8-29-18/h1-2,9-11H,3-8,12,22H2. The smallest absolute Gasteiger partial charge is 0.295 e. The van der Waals surface area contributed by atoms with Gasteiger partial charge in [-0.05, 0) is 23.3 Å². The Kier molecular flexibility index (Phi) is 5.06. The van der Waals surface area contributed by atoms with Crippen LogP contribution in [0.3, 0.4) is 0 Å². The van der Waals surface area contributed by atoms with E-state index in [0.29, 0.717) is 26.2 Å². The van der Waals surface area contributed by atoms with Gasteiger partial charge in [-0.25, -0.2) is 4.39 Å². The second kappa shape index (κ2) is 7.67. The number of nitro benzene ring substituents is 1. The fraction of sp³-hybridized carbons (Fsp3) is 0.350. The molecule has 0 unspecified atom stereocenters. The predicted octanol–water partition coefficient (Wildman–Crippen LogP) is 2.21. The summed E-state index contributed by atoms with van der Waals surface area (Å²) in [5.74, 6) is -0.390. The number of piperazine rings is 1. The number of ether oxygens (including phenoxy) is 1. The van der Waals surface area contributed by atoms with Crippen LogP contribution in [0.4, 0.5) is 15.8 Å². The lowest BCUT2D eigenvalue weighted by molar-refractivity contribution is -0.384.